The molecule has 4 aromatic rings. The largest absolute Gasteiger partial charge is 0.345 e. The van der Waals surface area contributed by atoms with Gasteiger partial charge < -0.3 is 14.8 Å². The van der Waals surface area contributed by atoms with E-state index in [-0.39, 0.29) is 24.6 Å². The minimum atomic E-state index is -0.845. The van der Waals surface area contributed by atoms with Gasteiger partial charge in [0, 0.05) is 31.0 Å². The zero-order chi connectivity index (χ0) is 23.2. The van der Waals surface area contributed by atoms with E-state index in [4.69, 9.17) is 0 Å². The van der Waals surface area contributed by atoms with E-state index in [0.29, 0.717) is 6.54 Å². The number of urea groups is 1. The van der Waals surface area contributed by atoms with Crippen LogP contribution in [0.5, 0.6) is 0 Å². The van der Waals surface area contributed by atoms with Crippen molar-refractivity contribution in [3.05, 3.63) is 125 Å². The van der Waals surface area contributed by atoms with Crippen molar-refractivity contribution in [2.45, 2.75) is 19.6 Å². The number of anilines is 1. The molecule has 0 saturated carbocycles. The van der Waals surface area contributed by atoms with Gasteiger partial charge in [0.1, 0.15) is 17.5 Å². The van der Waals surface area contributed by atoms with Crippen molar-refractivity contribution >= 4 is 11.7 Å². The van der Waals surface area contributed by atoms with Gasteiger partial charge in [-0.1, -0.05) is 42.5 Å². The zero-order valence-electron chi connectivity index (χ0n) is 17.7. The number of nitrogens with one attached hydrogen (secondary N) is 1. The summed E-state index contributed by atoms with van der Waals surface area (Å²) in [6.45, 7) is 1.05. The summed E-state index contributed by atoms with van der Waals surface area (Å²) in [5, 5.41) is 2.54. The summed E-state index contributed by atoms with van der Waals surface area (Å²) in [6, 6.07) is 21.9. The number of nitrogens with zero attached hydrogens (tertiary/aromatic N) is 2. The van der Waals surface area contributed by atoms with Crippen LogP contribution >= 0.6 is 0 Å². The first-order valence-corrected chi connectivity index (χ1v) is 10.4. The summed E-state index contributed by atoms with van der Waals surface area (Å²) in [7, 11) is 0. The number of carbonyl (C=O) groups excluding carboxylic acids is 1. The van der Waals surface area contributed by atoms with E-state index in [9.17, 15) is 18.0 Å². The van der Waals surface area contributed by atoms with Crippen LogP contribution in [-0.2, 0) is 19.6 Å². The van der Waals surface area contributed by atoms with Crippen LogP contribution in [0.4, 0.5) is 23.7 Å². The van der Waals surface area contributed by atoms with Crippen LogP contribution in [-0.4, -0.2) is 15.5 Å². The molecule has 2 amide bonds. The predicted molar refractivity (Wildman–Crippen MR) is 121 cm³/mol. The first-order chi connectivity index (χ1) is 16.0. The Labute approximate surface area is 189 Å². The summed E-state index contributed by atoms with van der Waals surface area (Å²) in [4.78, 5) is 14.6. The van der Waals surface area contributed by atoms with Crippen molar-refractivity contribution in [3.63, 3.8) is 0 Å². The molecule has 0 bridgehead atoms. The van der Waals surface area contributed by atoms with Crippen LogP contribution in [0.2, 0.25) is 0 Å². The van der Waals surface area contributed by atoms with E-state index in [2.05, 4.69) is 5.32 Å². The minimum Gasteiger partial charge on any atom is -0.345 e. The third-order valence-electron chi connectivity index (χ3n) is 5.22. The molecule has 3 aromatic carbocycles. The number of hydrogen-bond donors (Lipinski definition) is 1. The fourth-order valence-electron chi connectivity index (χ4n) is 3.52. The van der Waals surface area contributed by atoms with Crippen molar-refractivity contribution in [1.29, 1.82) is 0 Å². The highest BCUT2D eigenvalue weighted by Crippen LogP contribution is 2.18. The van der Waals surface area contributed by atoms with Gasteiger partial charge in [-0.05, 0) is 47.5 Å². The highest BCUT2D eigenvalue weighted by Gasteiger charge is 2.18. The van der Waals surface area contributed by atoms with Crippen molar-refractivity contribution in [2.24, 2.45) is 0 Å². The highest BCUT2D eigenvalue weighted by molar-refractivity contribution is 5.89. The molecule has 0 radical (unpaired) electrons. The maximum atomic E-state index is 14.1. The summed E-state index contributed by atoms with van der Waals surface area (Å²) in [5.74, 6) is -1.86. The molecule has 168 valence electrons. The lowest BCUT2D eigenvalue weighted by molar-refractivity contribution is 0.205. The molecule has 0 aliphatic carbocycles. The zero-order valence-corrected chi connectivity index (χ0v) is 17.7. The lowest BCUT2D eigenvalue weighted by Gasteiger charge is -2.24. The first kappa shape index (κ1) is 22.2. The predicted octanol–water partition coefficient (Wildman–Crippen LogP) is 6.19. The fourth-order valence-corrected chi connectivity index (χ4v) is 3.52. The Hall–Kier alpha value is -4.00. The standard InChI is InChI=1S/C26H22F3N3O/c27-21-10-8-20(9-11-21)16-31-14-4-7-23(31)18-32(17-19-5-2-1-3-6-19)26(33)30-25-13-12-22(28)15-24(25)29/h1-15H,16-18H2,(H,30,33). The number of amides is 2. The molecule has 33 heavy (non-hydrogen) atoms. The molecule has 0 unspecified atom stereocenters. The lowest BCUT2D eigenvalue weighted by atomic mass is 10.2. The van der Waals surface area contributed by atoms with E-state index in [1.54, 1.807) is 17.0 Å². The van der Waals surface area contributed by atoms with Crippen LogP contribution < -0.4 is 5.32 Å². The van der Waals surface area contributed by atoms with E-state index in [1.165, 1.54) is 18.2 Å². The molecule has 4 nitrogen and oxygen atoms in total. The van der Waals surface area contributed by atoms with Crippen molar-refractivity contribution in [1.82, 2.24) is 9.47 Å². The van der Waals surface area contributed by atoms with E-state index >= 15 is 0 Å². The second-order valence-corrected chi connectivity index (χ2v) is 7.65. The minimum absolute atomic E-state index is 0.0962. The summed E-state index contributed by atoms with van der Waals surface area (Å²) in [5.41, 5.74) is 2.58. The molecule has 1 aromatic heterocycles. The molecule has 0 fully saturated rings. The Balaban J connectivity index is 1.56. The van der Waals surface area contributed by atoms with E-state index in [1.807, 2.05) is 53.2 Å². The SMILES string of the molecule is O=C(Nc1ccc(F)cc1F)N(Cc1ccccc1)Cc1cccn1Cc1ccc(F)cc1. The summed E-state index contributed by atoms with van der Waals surface area (Å²) < 4.78 is 42.6. The van der Waals surface area contributed by atoms with Gasteiger partial charge >= 0.3 is 6.03 Å². The van der Waals surface area contributed by atoms with Gasteiger partial charge in [-0.15, -0.1) is 0 Å². The molecular formula is C26H22F3N3O. The molecule has 4 rings (SSSR count). The van der Waals surface area contributed by atoms with Gasteiger partial charge in [-0.25, -0.2) is 18.0 Å². The normalized spacial score (nSPS) is 10.8. The third-order valence-corrected chi connectivity index (χ3v) is 5.22. The quantitative estimate of drug-likeness (QED) is 0.359. The maximum Gasteiger partial charge on any atom is 0.322 e. The number of benzene rings is 3. The Morgan fingerprint density at radius 3 is 2.24 bits per heavy atom. The van der Waals surface area contributed by atoms with E-state index in [0.717, 1.165) is 29.0 Å². The second kappa shape index (κ2) is 10.1. The lowest BCUT2D eigenvalue weighted by Crippen LogP contribution is -2.35. The van der Waals surface area contributed by atoms with Crippen LogP contribution in [0.15, 0.2) is 91.1 Å². The molecule has 7 heteroatoms. The van der Waals surface area contributed by atoms with Gasteiger partial charge in [-0.2, -0.15) is 0 Å². The van der Waals surface area contributed by atoms with Crippen molar-refractivity contribution in [3.8, 4) is 0 Å². The molecule has 0 aliphatic heterocycles. The number of carbonyl (C=O) groups is 1. The van der Waals surface area contributed by atoms with Gasteiger partial charge in [-0.3, -0.25) is 0 Å². The maximum absolute atomic E-state index is 14.1. The number of aromatic nitrogens is 1. The molecular weight excluding hydrogens is 427 g/mol. The first-order valence-electron chi connectivity index (χ1n) is 10.4. The van der Waals surface area contributed by atoms with Crippen LogP contribution in [0.1, 0.15) is 16.8 Å². The number of rotatable bonds is 7. The molecule has 1 N–H and O–H groups in total. The van der Waals surface area contributed by atoms with Crippen LogP contribution in [0.25, 0.3) is 0 Å². The molecule has 0 aliphatic rings. The highest BCUT2D eigenvalue weighted by atomic mass is 19.1. The van der Waals surface area contributed by atoms with Crippen molar-refractivity contribution < 1.29 is 18.0 Å². The van der Waals surface area contributed by atoms with E-state index < -0.39 is 17.7 Å². The molecule has 1 heterocycles. The second-order valence-electron chi connectivity index (χ2n) is 7.65. The summed E-state index contributed by atoms with van der Waals surface area (Å²) in [6.07, 6.45) is 1.89. The Morgan fingerprint density at radius 1 is 0.788 bits per heavy atom. The average molecular weight is 449 g/mol. The Morgan fingerprint density at radius 2 is 1.52 bits per heavy atom. The number of halogens is 3. The summed E-state index contributed by atoms with van der Waals surface area (Å²) >= 11 is 0. The van der Waals surface area contributed by atoms with Gasteiger partial charge in [0.2, 0.25) is 0 Å². The molecule has 0 saturated heterocycles. The van der Waals surface area contributed by atoms with Crippen LogP contribution in [0.3, 0.4) is 0 Å². The molecule has 0 spiro atoms. The topological polar surface area (TPSA) is 37.3 Å². The monoisotopic (exact) mass is 449 g/mol. The van der Waals surface area contributed by atoms with Crippen LogP contribution in [0, 0.1) is 17.5 Å². The Bertz CT molecular complexity index is 1220. The Kier molecular flexibility index (Phi) is 6.78. The van der Waals surface area contributed by atoms with Gasteiger partial charge in [0.15, 0.2) is 0 Å². The van der Waals surface area contributed by atoms with Gasteiger partial charge in [0.25, 0.3) is 0 Å². The number of hydrogen-bond acceptors (Lipinski definition) is 1. The fraction of sp³-hybridized carbons (Fsp3) is 0.115. The molecule has 0 atom stereocenters. The van der Waals surface area contributed by atoms with Gasteiger partial charge in [0.05, 0.1) is 12.2 Å². The average Bonchev–Trinajstić information content (AvgIpc) is 3.24. The third kappa shape index (κ3) is 5.83. The van der Waals surface area contributed by atoms with Crippen molar-refractivity contribution in [2.75, 3.05) is 5.32 Å². The smallest absolute Gasteiger partial charge is 0.322 e.